The number of urea groups is 1. The lowest BCUT2D eigenvalue weighted by Gasteiger charge is -2.32. The van der Waals surface area contributed by atoms with Crippen LogP contribution in [0.25, 0.3) is 22.3 Å². The third kappa shape index (κ3) is 7.98. The molecule has 0 radical (unpaired) electrons. The number of esters is 1. The summed E-state index contributed by atoms with van der Waals surface area (Å²) < 4.78 is 37.0. The number of nitrogens with zero attached hydrogens (tertiary/aromatic N) is 4. The van der Waals surface area contributed by atoms with Gasteiger partial charge in [-0.05, 0) is 93.6 Å². The molecule has 0 bridgehead atoms. The zero-order valence-electron chi connectivity index (χ0n) is 32.3. The van der Waals surface area contributed by atoms with Crippen LogP contribution in [0.2, 0.25) is 0 Å². The molecule has 1 saturated carbocycles. The molecule has 12 nitrogen and oxygen atoms in total. The number of benzene rings is 3. The first-order valence-electron chi connectivity index (χ1n) is 19.3. The van der Waals surface area contributed by atoms with E-state index in [0.717, 1.165) is 36.8 Å². The number of carbonyl (C=O) groups is 3. The number of hydrogen-bond donors (Lipinski definition) is 1. The molecular formula is C43H48FN5O7. The van der Waals surface area contributed by atoms with Crippen LogP contribution in [0.5, 0.6) is 17.4 Å². The molecule has 0 spiro atoms. The monoisotopic (exact) mass is 765 g/mol. The van der Waals surface area contributed by atoms with Crippen molar-refractivity contribution >= 4 is 28.8 Å². The third-order valence-corrected chi connectivity index (χ3v) is 10.9. The Kier molecular flexibility index (Phi) is 11.4. The predicted molar refractivity (Wildman–Crippen MR) is 208 cm³/mol. The lowest BCUT2D eigenvalue weighted by atomic mass is 10.1. The summed E-state index contributed by atoms with van der Waals surface area (Å²) >= 11 is 0. The summed E-state index contributed by atoms with van der Waals surface area (Å²) in [5, 5.41) is 3.66. The molecule has 56 heavy (non-hydrogen) atoms. The fraction of sp³-hybridized carbons (Fsp3) is 0.419. The Morgan fingerprint density at radius 2 is 1.77 bits per heavy atom. The second kappa shape index (κ2) is 16.6. The van der Waals surface area contributed by atoms with Crippen LogP contribution in [0.15, 0.2) is 72.8 Å². The average molecular weight is 766 g/mol. The number of fused-ring (bicyclic) bond motifs is 3. The van der Waals surface area contributed by atoms with E-state index in [1.807, 2.05) is 49.4 Å². The summed E-state index contributed by atoms with van der Waals surface area (Å²) in [6, 6.07) is 15.8. The van der Waals surface area contributed by atoms with Crippen LogP contribution in [0, 0.1) is 18.7 Å². The number of amides is 3. The van der Waals surface area contributed by atoms with Gasteiger partial charge in [0.15, 0.2) is 5.82 Å². The van der Waals surface area contributed by atoms with Crippen LogP contribution in [-0.2, 0) is 20.9 Å². The van der Waals surface area contributed by atoms with E-state index in [-0.39, 0.29) is 43.2 Å². The zero-order chi connectivity index (χ0) is 39.4. The van der Waals surface area contributed by atoms with Crippen molar-refractivity contribution in [2.75, 3.05) is 33.9 Å². The minimum atomic E-state index is -1.20. The molecule has 3 aromatic carbocycles. The second-order valence-electron chi connectivity index (χ2n) is 14.6. The van der Waals surface area contributed by atoms with Crippen molar-refractivity contribution < 1.29 is 37.7 Å². The van der Waals surface area contributed by atoms with Gasteiger partial charge in [-0.1, -0.05) is 30.7 Å². The average Bonchev–Trinajstić information content (AvgIpc) is 3.74. The lowest BCUT2D eigenvalue weighted by Crippen LogP contribution is -2.55. The van der Waals surface area contributed by atoms with Crippen LogP contribution >= 0.6 is 0 Å². The first kappa shape index (κ1) is 38.6. The normalized spacial score (nSPS) is 23.3. The quantitative estimate of drug-likeness (QED) is 0.145. The SMILES string of the molecule is CCOC(=O)[C@@]12C[C@H]1/C=C\CCCCCN(Cc1ccc(OC)cc1)C(=O)N1C[C@H](Oc3nc(-c4ccc(F)cc4)nc4c(C)c(OC)ccc34)C[C@H]1C(=O)N2. The van der Waals surface area contributed by atoms with Gasteiger partial charge < -0.3 is 34.1 Å². The minimum Gasteiger partial charge on any atom is -0.497 e. The Morgan fingerprint density at radius 3 is 2.50 bits per heavy atom. The fourth-order valence-corrected chi connectivity index (χ4v) is 7.72. The van der Waals surface area contributed by atoms with Gasteiger partial charge in [0.25, 0.3) is 0 Å². The number of hydrogen-bond acceptors (Lipinski definition) is 9. The maximum atomic E-state index is 14.8. The van der Waals surface area contributed by atoms with Gasteiger partial charge in [0, 0.05) is 36.6 Å². The molecule has 3 aliphatic rings. The molecule has 1 saturated heterocycles. The molecule has 0 unspecified atom stereocenters. The zero-order valence-corrected chi connectivity index (χ0v) is 32.3. The molecule has 13 heteroatoms. The first-order chi connectivity index (χ1) is 27.1. The van der Waals surface area contributed by atoms with Crippen molar-refractivity contribution in [3.05, 3.63) is 89.8 Å². The molecule has 2 fully saturated rings. The Hall–Kier alpha value is -5.72. The summed E-state index contributed by atoms with van der Waals surface area (Å²) in [4.78, 5) is 55.6. The Bertz CT molecular complexity index is 2110. The molecule has 1 aromatic heterocycles. The number of ether oxygens (including phenoxy) is 4. The minimum absolute atomic E-state index is 0.0816. The summed E-state index contributed by atoms with van der Waals surface area (Å²) in [6.45, 7) is 4.70. The van der Waals surface area contributed by atoms with Crippen LogP contribution in [-0.4, -0.2) is 89.3 Å². The van der Waals surface area contributed by atoms with E-state index in [0.29, 0.717) is 53.3 Å². The molecule has 4 atom stereocenters. The van der Waals surface area contributed by atoms with Crippen LogP contribution in [0.1, 0.15) is 56.6 Å². The van der Waals surface area contributed by atoms with Gasteiger partial charge in [-0.15, -0.1) is 0 Å². The van der Waals surface area contributed by atoms with Gasteiger partial charge in [-0.25, -0.2) is 19.0 Å². The van der Waals surface area contributed by atoms with Gasteiger partial charge in [-0.2, -0.15) is 4.98 Å². The van der Waals surface area contributed by atoms with Crippen LogP contribution < -0.4 is 19.5 Å². The Morgan fingerprint density at radius 1 is 0.982 bits per heavy atom. The van der Waals surface area contributed by atoms with Crippen LogP contribution in [0.4, 0.5) is 9.18 Å². The maximum Gasteiger partial charge on any atom is 0.332 e. The van der Waals surface area contributed by atoms with E-state index in [2.05, 4.69) is 11.4 Å². The third-order valence-electron chi connectivity index (χ3n) is 10.9. The number of methoxy groups -OCH3 is 2. The van der Waals surface area contributed by atoms with Crippen molar-refractivity contribution in [3.63, 3.8) is 0 Å². The molecule has 3 amide bonds. The van der Waals surface area contributed by atoms with Crippen molar-refractivity contribution in [2.45, 2.75) is 76.6 Å². The lowest BCUT2D eigenvalue weighted by molar-refractivity contribution is -0.149. The number of rotatable bonds is 9. The molecule has 1 aliphatic carbocycles. The van der Waals surface area contributed by atoms with Gasteiger partial charge >= 0.3 is 12.0 Å². The van der Waals surface area contributed by atoms with Crippen molar-refractivity contribution in [1.82, 2.24) is 25.1 Å². The Labute approximate surface area is 326 Å². The maximum absolute atomic E-state index is 14.8. The number of aromatic nitrogens is 2. The van der Waals surface area contributed by atoms with E-state index in [1.165, 1.54) is 12.1 Å². The van der Waals surface area contributed by atoms with E-state index < -0.39 is 29.6 Å². The largest absolute Gasteiger partial charge is 0.497 e. The molecule has 294 valence electrons. The molecule has 3 heterocycles. The first-order valence-corrected chi connectivity index (χ1v) is 19.3. The van der Waals surface area contributed by atoms with Gasteiger partial charge in [-0.3, -0.25) is 4.79 Å². The van der Waals surface area contributed by atoms with Crippen molar-refractivity contribution in [2.24, 2.45) is 5.92 Å². The number of halogens is 1. The van der Waals surface area contributed by atoms with E-state index in [1.54, 1.807) is 43.1 Å². The highest BCUT2D eigenvalue weighted by Crippen LogP contribution is 2.46. The number of carbonyl (C=O) groups excluding carboxylic acids is 3. The number of allylic oxidation sites excluding steroid dienone is 1. The highest BCUT2D eigenvalue weighted by molar-refractivity contribution is 5.95. The van der Waals surface area contributed by atoms with E-state index >= 15 is 0 Å². The predicted octanol–water partition coefficient (Wildman–Crippen LogP) is 6.77. The molecular weight excluding hydrogens is 717 g/mol. The molecule has 7 rings (SSSR count). The van der Waals surface area contributed by atoms with Crippen molar-refractivity contribution in [3.8, 4) is 28.8 Å². The highest BCUT2D eigenvalue weighted by Gasteiger charge is 2.62. The molecule has 2 aliphatic heterocycles. The highest BCUT2D eigenvalue weighted by atomic mass is 19.1. The van der Waals surface area contributed by atoms with E-state index in [9.17, 15) is 18.8 Å². The van der Waals surface area contributed by atoms with Gasteiger partial charge in [0.05, 0.1) is 38.3 Å². The fourth-order valence-electron chi connectivity index (χ4n) is 7.72. The van der Waals surface area contributed by atoms with E-state index in [4.69, 9.17) is 28.9 Å². The number of aryl methyl sites for hydroxylation is 1. The number of nitrogens with one attached hydrogen (secondary N) is 1. The van der Waals surface area contributed by atoms with Crippen LogP contribution in [0.3, 0.4) is 0 Å². The summed E-state index contributed by atoms with van der Waals surface area (Å²) in [5.74, 6) is 0.381. The summed E-state index contributed by atoms with van der Waals surface area (Å²) in [5.41, 5.74) is 1.65. The van der Waals surface area contributed by atoms with Gasteiger partial charge in [0.2, 0.25) is 11.8 Å². The second-order valence-corrected chi connectivity index (χ2v) is 14.6. The topological polar surface area (TPSA) is 132 Å². The summed E-state index contributed by atoms with van der Waals surface area (Å²) in [6.07, 6.45) is 7.41. The van der Waals surface area contributed by atoms with Gasteiger partial charge in [0.1, 0.15) is 35.0 Å². The molecule has 4 aromatic rings. The smallest absolute Gasteiger partial charge is 0.332 e. The standard InChI is InChI=1S/C43H48FN5O7/c1-5-55-41(51)43-24-30(43)11-9-7-6-8-10-22-48(25-28-12-18-32(53-3)19-13-28)42(52)49-26-33(23-35(49)39(50)47-43)56-40-34-20-21-36(54-4)27(2)37(34)45-38(46-40)29-14-16-31(44)17-15-29/h9,11-21,30,33,35H,5-8,10,22-26H2,1-4H3,(H,47,50)/b11-9-/t30-,33-,35+,43-/m1/s1. The molecule has 1 N–H and O–H groups in total. The van der Waals surface area contributed by atoms with Crippen molar-refractivity contribution in [1.29, 1.82) is 0 Å². The Balaban J connectivity index is 1.25. The summed E-state index contributed by atoms with van der Waals surface area (Å²) in [7, 11) is 3.19.